The minimum atomic E-state index is -0.653. The second-order valence-corrected chi connectivity index (χ2v) is 9.47. The Hall–Kier alpha value is -3.59. The van der Waals surface area contributed by atoms with Gasteiger partial charge in [0.15, 0.2) is 18.1 Å². The van der Waals surface area contributed by atoms with Crippen LogP contribution in [-0.4, -0.2) is 31.3 Å². The largest absolute Gasteiger partial charge is 0.490 e. The number of carbonyl (C=O) groups is 2. The number of esters is 1. The van der Waals surface area contributed by atoms with Crippen LogP contribution in [0.5, 0.6) is 17.2 Å². The number of benzene rings is 4. The molecule has 4 rings (SSSR count). The summed E-state index contributed by atoms with van der Waals surface area (Å²) in [6.07, 6.45) is 1.44. The Bertz CT molecular complexity index is 1530. The molecule has 0 aromatic heterocycles. The smallest absolute Gasteiger partial charge is 0.345 e. The molecule has 0 aliphatic carbocycles. The SMILES string of the molecule is CCOc1cc(/C=N/NC(=O)COc2ccc3ccccc3c2Br)ccc1OC(=O)c1ccc(Cl)cc1Cl. The molecule has 0 heterocycles. The van der Waals surface area contributed by atoms with Crippen LogP contribution in [0.2, 0.25) is 10.0 Å². The molecule has 7 nitrogen and oxygen atoms in total. The maximum Gasteiger partial charge on any atom is 0.345 e. The number of nitrogens with zero attached hydrogens (tertiary/aromatic N) is 1. The second kappa shape index (κ2) is 12.8. The van der Waals surface area contributed by atoms with Crippen molar-refractivity contribution >= 4 is 68.0 Å². The highest BCUT2D eigenvalue weighted by molar-refractivity contribution is 9.10. The first-order valence-corrected chi connectivity index (χ1v) is 13.0. The van der Waals surface area contributed by atoms with Gasteiger partial charge in [0.05, 0.1) is 27.9 Å². The molecule has 0 unspecified atom stereocenters. The van der Waals surface area contributed by atoms with E-state index in [1.807, 2.05) is 30.3 Å². The van der Waals surface area contributed by atoms with Crippen LogP contribution in [-0.2, 0) is 4.79 Å². The molecule has 0 fully saturated rings. The molecule has 194 valence electrons. The van der Waals surface area contributed by atoms with E-state index in [2.05, 4.69) is 26.5 Å². The molecule has 0 spiro atoms. The lowest BCUT2D eigenvalue weighted by molar-refractivity contribution is -0.123. The van der Waals surface area contributed by atoms with E-state index in [1.54, 1.807) is 37.3 Å². The summed E-state index contributed by atoms with van der Waals surface area (Å²) in [5, 5.41) is 6.60. The first kappa shape index (κ1) is 27.4. The summed E-state index contributed by atoms with van der Waals surface area (Å²) in [6, 6.07) is 20.9. The van der Waals surface area contributed by atoms with Gasteiger partial charge in [-0.05, 0) is 81.7 Å². The number of ether oxygens (including phenoxy) is 3. The van der Waals surface area contributed by atoms with Gasteiger partial charge < -0.3 is 14.2 Å². The van der Waals surface area contributed by atoms with E-state index in [-0.39, 0.29) is 22.9 Å². The lowest BCUT2D eigenvalue weighted by Crippen LogP contribution is -2.24. The number of nitrogens with one attached hydrogen (secondary N) is 1. The van der Waals surface area contributed by atoms with Gasteiger partial charge in [0.2, 0.25) is 0 Å². The average molecular weight is 616 g/mol. The zero-order chi connectivity index (χ0) is 27.1. The van der Waals surface area contributed by atoms with Gasteiger partial charge in [-0.25, -0.2) is 10.2 Å². The standard InChI is InChI=1S/C28H21BrCl2N2O5/c1-2-36-25-13-17(7-11-23(25)38-28(35)21-10-9-19(30)14-22(21)31)15-32-33-26(34)16-37-24-12-8-18-5-3-4-6-20(18)27(24)29/h3-15H,2,16H2,1H3,(H,33,34)/b32-15+. The Balaban J connectivity index is 1.37. The van der Waals surface area contributed by atoms with Gasteiger partial charge in [-0.2, -0.15) is 5.10 Å². The van der Waals surface area contributed by atoms with Gasteiger partial charge in [-0.3, -0.25) is 4.79 Å². The molecule has 38 heavy (non-hydrogen) atoms. The summed E-state index contributed by atoms with van der Waals surface area (Å²) in [5.41, 5.74) is 3.21. The van der Waals surface area contributed by atoms with Crippen molar-refractivity contribution in [1.29, 1.82) is 0 Å². The number of hydrogen-bond acceptors (Lipinski definition) is 6. The summed E-state index contributed by atoms with van der Waals surface area (Å²) in [5.74, 6) is -0.00518. The lowest BCUT2D eigenvalue weighted by Gasteiger charge is -2.12. The van der Waals surface area contributed by atoms with Crippen molar-refractivity contribution < 1.29 is 23.8 Å². The Labute approximate surface area is 237 Å². The minimum Gasteiger partial charge on any atom is -0.490 e. The van der Waals surface area contributed by atoms with Gasteiger partial charge in [-0.15, -0.1) is 0 Å². The van der Waals surface area contributed by atoms with Gasteiger partial charge in [-0.1, -0.05) is 53.5 Å². The molecule has 4 aromatic rings. The van der Waals surface area contributed by atoms with E-state index in [0.717, 1.165) is 15.2 Å². The number of fused-ring (bicyclic) bond motifs is 1. The van der Waals surface area contributed by atoms with Crippen LogP contribution < -0.4 is 19.6 Å². The maximum atomic E-state index is 12.6. The molecule has 4 aromatic carbocycles. The topological polar surface area (TPSA) is 86.2 Å². The van der Waals surface area contributed by atoms with Gasteiger partial charge >= 0.3 is 5.97 Å². The Morgan fingerprint density at radius 2 is 1.74 bits per heavy atom. The van der Waals surface area contributed by atoms with E-state index in [1.165, 1.54) is 18.3 Å². The highest BCUT2D eigenvalue weighted by Gasteiger charge is 2.16. The van der Waals surface area contributed by atoms with E-state index in [4.69, 9.17) is 37.4 Å². The third kappa shape index (κ3) is 6.83. The van der Waals surface area contributed by atoms with Crippen LogP contribution in [0, 0.1) is 0 Å². The Morgan fingerprint density at radius 3 is 2.53 bits per heavy atom. The number of halogens is 3. The zero-order valence-electron chi connectivity index (χ0n) is 20.0. The van der Waals surface area contributed by atoms with Crippen molar-refractivity contribution in [3.05, 3.63) is 98.4 Å². The van der Waals surface area contributed by atoms with Crippen LogP contribution in [0.15, 0.2) is 82.4 Å². The van der Waals surface area contributed by atoms with Crippen LogP contribution in [0.4, 0.5) is 0 Å². The second-order valence-electron chi connectivity index (χ2n) is 7.83. The Kier molecular flexibility index (Phi) is 9.23. The fourth-order valence-corrected chi connectivity index (χ4v) is 4.54. The van der Waals surface area contributed by atoms with Crippen molar-refractivity contribution in [3.8, 4) is 17.2 Å². The summed E-state index contributed by atoms with van der Waals surface area (Å²) >= 11 is 15.5. The van der Waals surface area contributed by atoms with Crippen molar-refractivity contribution in [1.82, 2.24) is 5.43 Å². The average Bonchev–Trinajstić information content (AvgIpc) is 2.90. The van der Waals surface area contributed by atoms with E-state index in [9.17, 15) is 9.59 Å². The van der Waals surface area contributed by atoms with Crippen molar-refractivity contribution in [3.63, 3.8) is 0 Å². The van der Waals surface area contributed by atoms with Crippen LogP contribution >= 0.6 is 39.1 Å². The number of rotatable bonds is 9. The molecule has 0 radical (unpaired) electrons. The molecule has 10 heteroatoms. The summed E-state index contributed by atoms with van der Waals surface area (Å²) < 4.78 is 17.5. The molecule has 1 amide bonds. The number of hydrazone groups is 1. The molecule has 0 aliphatic heterocycles. The molecule has 0 saturated heterocycles. The van der Waals surface area contributed by atoms with Crippen molar-refractivity contribution in [2.75, 3.05) is 13.2 Å². The molecular formula is C28H21BrCl2N2O5. The van der Waals surface area contributed by atoms with E-state index in [0.29, 0.717) is 28.7 Å². The predicted molar refractivity (Wildman–Crippen MR) is 152 cm³/mol. The first-order valence-electron chi connectivity index (χ1n) is 11.4. The summed E-state index contributed by atoms with van der Waals surface area (Å²) in [7, 11) is 0. The van der Waals surface area contributed by atoms with Crippen LogP contribution in [0.25, 0.3) is 10.8 Å². The third-order valence-electron chi connectivity index (χ3n) is 5.21. The van der Waals surface area contributed by atoms with Crippen LogP contribution in [0.3, 0.4) is 0 Å². The molecule has 1 N–H and O–H groups in total. The van der Waals surface area contributed by atoms with Crippen molar-refractivity contribution in [2.45, 2.75) is 6.92 Å². The molecule has 0 saturated carbocycles. The maximum absolute atomic E-state index is 12.6. The van der Waals surface area contributed by atoms with Crippen molar-refractivity contribution in [2.24, 2.45) is 5.10 Å². The Morgan fingerprint density at radius 1 is 0.947 bits per heavy atom. The molecular weight excluding hydrogens is 595 g/mol. The minimum absolute atomic E-state index is 0.171. The number of amides is 1. The fourth-order valence-electron chi connectivity index (χ4n) is 3.45. The first-order chi connectivity index (χ1) is 18.4. The number of carbonyl (C=O) groups excluding carboxylic acids is 2. The fraction of sp³-hybridized carbons (Fsp3) is 0.107. The molecule has 0 bridgehead atoms. The van der Waals surface area contributed by atoms with Gasteiger partial charge in [0.25, 0.3) is 5.91 Å². The van der Waals surface area contributed by atoms with E-state index < -0.39 is 11.9 Å². The number of hydrogen-bond donors (Lipinski definition) is 1. The molecule has 0 aliphatic rings. The van der Waals surface area contributed by atoms with Crippen LogP contribution in [0.1, 0.15) is 22.8 Å². The van der Waals surface area contributed by atoms with Gasteiger partial charge in [0.1, 0.15) is 5.75 Å². The van der Waals surface area contributed by atoms with E-state index >= 15 is 0 Å². The lowest BCUT2D eigenvalue weighted by atomic mass is 10.1. The third-order valence-corrected chi connectivity index (χ3v) is 6.58. The van der Waals surface area contributed by atoms with Gasteiger partial charge in [0, 0.05) is 5.02 Å². The zero-order valence-corrected chi connectivity index (χ0v) is 23.1. The highest BCUT2D eigenvalue weighted by Crippen LogP contribution is 2.33. The molecule has 0 atom stereocenters. The predicted octanol–water partition coefficient (Wildman–Crippen LogP) is 7.06. The monoisotopic (exact) mass is 614 g/mol. The quantitative estimate of drug-likeness (QED) is 0.0943. The highest BCUT2D eigenvalue weighted by atomic mass is 79.9. The summed E-state index contributed by atoms with van der Waals surface area (Å²) in [6.45, 7) is 1.92. The summed E-state index contributed by atoms with van der Waals surface area (Å²) in [4.78, 5) is 24.8. The normalized spacial score (nSPS) is 10.9.